The molecule has 0 bridgehead atoms. The highest BCUT2D eigenvalue weighted by Gasteiger charge is 2.40. The SMILES string of the molecule is COc1ccc([C@@H]2Sc3ccccc3N(CC(=O)NCc3cccc4ccccc34)C(=O)[C@H]2NC(=O)c2cc3cc(P(=O)(O)OCc4ccccc4)ccc3[nH]2)cc1. The Kier molecular flexibility index (Phi) is 11.2. The van der Waals surface area contributed by atoms with Crippen LogP contribution in [0.5, 0.6) is 5.75 Å². The summed E-state index contributed by atoms with van der Waals surface area (Å²) in [7, 11) is -2.64. The molecule has 0 fully saturated rings. The first-order valence-electron chi connectivity index (χ1n) is 18.6. The highest BCUT2D eigenvalue weighted by Crippen LogP contribution is 2.46. The number of rotatable bonds is 12. The molecule has 11 nitrogen and oxygen atoms in total. The van der Waals surface area contributed by atoms with Crippen molar-refractivity contribution in [2.24, 2.45) is 0 Å². The van der Waals surface area contributed by atoms with Crippen LogP contribution in [0.15, 0.2) is 150 Å². The van der Waals surface area contributed by atoms with E-state index in [4.69, 9.17) is 9.26 Å². The summed E-state index contributed by atoms with van der Waals surface area (Å²) >= 11 is 1.42. The fraction of sp³-hybridized carbons (Fsp3) is 0.133. The highest BCUT2D eigenvalue weighted by molar-refractivity contribution is 7.99. The molecule has 1 aliphatic rings. The summed E-state index contributed by atoms with van der Waals surface area (Å²) in [6.07, 6.45) is 0. The molecule has 6 aromatic carbocycles. The van der Waals surface area contributed by atoms with Gasteiger partial charge in [0.1, 0.15) is 24.0 Å². The average molecular weight is 811 g/mol. The normalized spacial score (nSPS) is 16.3. The van der Waals surface area contributed by atoms with E-state index in [1.165, 1.54) is 28.8 Å². The standard InChI is InChI=1S/C45H39N4O7PS/c1-55-34-20-18-31(19-21-34)43-42(48-44(51)38-25-33-24-35(22-23-37(33)47-38)57(53,54)56-28-29-10-3-2-4-11-29)45(52)49(39-16-7-8-17-40(39)58-43)27-41(50)46-26-32-14-9-13-30-12-5-6-15-36(30)32/h2-25,42-43,47H,26-28H2,1H3,(H,46,50)(H,48,51)(H,53,54)/t42-,43-/m0/s1. The minimum absolute atomic E-state index is 0.0526. The Morgan fingerprint density at radius 3 is 2.40 bits per heavy atom. The number of carbonyl (C=O) groups is 3. The fourth-order valence-corrected chi connectivity index (χ4v) is 9.42. The van der Waals surface area contributed by atoms with Crippen molar-refractivity contribution in [3.8, 4) is 5.75 Å². The fourth-order valence-electron chi connectivity index (χ4n) is 7.04. The van der Waals surface area contributed by atoms with Gasteiger partial charge >= 0.3 is 7.60 Å². The summed E-state index contributed by atoms with van der Waals surface area (Å²) in [6, 6.07) is 42.7. The molecule has 0 radical (unpaired) electrons. The second-order valence-corrected chi connectivity index (χ2v) is 16.8. The van der Waals surface area contributed by atoms with Gasteiger partial charge in [0.25, 0.3) is 11.8 Å². The Hall–Kier alpha value is -6.17. The van der Waals surface area contributed by atoms with Gasteiger partial charge in [-0.05, 0) is 76.0 Å². The number of H-pyrrole nitrogens is 1. The van der Waals surface area contributed by atoms with Crippen molar-refractivity contribution in [1.82, 2.24) is 15.6 Å². The van der Waals surface area contributed by atoms with E-state index >= 15 is 0 Å². The van der Waals surface area contributed by atoms with Crippen LogP contribution in [0.25, 0.3) is 21.7 Å². The van der Waals surface area contributed by atoms with E-state index in [0.717, 1.165) is 32.4 Å². The Labute approximate surface area is 338 Å². The van der Waals surface area contributed by atoms with E-state index in [0.29, 0.717) is 22.3 Å². The zero-order chi connectivity index (χ0) is 40.2. The molecule has 8 rings (SSSR count). The van der Waals surface area contributed by atoms with Crippen LogP contribution in [0.2, 0.25) is 0 Å². The zero-order valence-corrected chi connectivity index (χ0v) is 33.0. The number of para-hydroxylation sites is 1. The summed E-state index contributed by atoms with van der Waals surface area (Å²) in [5.74, 6) is -0.778. The molecule has 2 heterocycles. The van der Waals surface area contributed by atoms with Crippen LogP contribution >= 0.6 is 19.4 Å². The number of methoxy groups -OCH3 is 1. The third kappa shape index (κ3) is 8.27. The van der Waals surface area contributed by atoms with Gasteiger partial charge in [-0.1, -0.05) is 97.1 Å². The Morgan fingerprint density at radius 2 is 1.59 bits per heavy atom. The molecule has 292 valence electrons. The van der Waals surface area contributed by atoms with Crippen LogP contribution in [0, 0.1) is 0 Å². The summed E-state index contributed by atoms with van der Waals surface area (Å²) in [5.41, 5.74) is 3.69. The van der Waals surface area contributed by atoms with Gasteiger partial charge in [-0.25, -0.2) is 0 Å². The minimum Gasteiger partial charge on any atom is -0.497 e. The van der Waals surface area contributed by atoms with E-state index in [-0.39, 0.29) is 36.6 Å². The van der Waals surface area contributed by atoms with E-state index in [2.05, 4.69) is 15.6 Å². The number of benzene rings is 6. The molecule has 13 heteroatoms. The van der Waals surface area contributed by atoms with E-state index in [9.17, 15) is 23.8 Å². The lowest BCUT2D eigenvalue weighted by molar-refractivity contribution is -0.124. The van der Waals surface area contributed by atoms with Crippen LogP contribution < -0.4 is 25.6 Å². The maximum Gasteiger partial charge on any atom is 0.359 e. The first-order chi connectivity index (χ1) is 28.2. The van der Waals surface area contributed by atoms with Crippen LogP contribution in [-0.4, -0.2) is 47.3 Å². The molecule has 1 unspecified atom stereocenters. The third-order valence-electron chi connectivity index (χ3n) is 10.1. The van der Waals surface area contributed by atoms with Crippen molar-refractivity contribution in [2.45, 2.75) is 29.3 Å². The first kappa shape index (κ1) is 38.7. The smallest absolute Gasteiger partial charge is 0.359 e. The lowest BCUT2D eigenvalue weighted by Crippen LogP contribution is -2.52. The van der Waals surface area contributed by atoms with Crippen LogP contribution in [0.1, 0.15) is 32.4 Å². The lowest BCUT2D eigenvalue weighted by Gasteiger charge is -2.28. The van der Waals surface area contributed by atoms with Crippen LogP contribution in [-0.2, 0) is 31.8 Å². The van der Waals surface area contributed by atoms with E-state index < -0.39 is 30.7 Å². The van der Waals surface area contributed by atoms with Crippen molar-refractivity contribution in [2.75, 3.05) is 18.6 Å². The van der Waals surface area contributed by atoms with Crippen LogP contribution in [0.4, 0.5) is 5.69 Å². The molecule has 0 spiro atoms. The van der Waals surface area contributed by atoms with Crippen LogP contribution in [0.3, 0.4) is 0 Å². The number of fused-ring (bicyclic) bond motifs is 3. The summed E-state index contributed by atoms with van der Waals surface area (Å²) in [4.78, 5) is 58.9. The second-order valence-electron chi connectivity index (χ2n) is 13.8. The molecule has 0 saturated carbocycles. The number of thioether (sulfide) groups is 1. The molecule has 1 aliphatic heterocycles. The number of aromatic amines is 1. The number of anilines is 1. The Balaban J connectivity index is 1.07. The number of amides is 3. The van der Waals surface area contributed by atoms with Gasteiger partial charge in [0.05, 0.1) is 30.0 Å². The van der Waals surface area contributed by atoms with Crippen molar-refractivity contribution in [1.29, 1.82) is 0 Å². The van der Waals surface area contributed by atoms with Crippen molar-refractivity contribution < 1.29 is 33.1 Å². The van der Waals surface area contributed by atoms with E-state index in [1.54, 1.807) is 49.6 Å². The lowest BCUT2D eigenvalue weighted by atomic mass is 10.0. The maximum absolute atomic E-state index is 14.9. The van der Waals surface area contributed by atoms with Crippen molar-refractivity contribution >= 4 is 69.7 Å². The molecule has 7 aromatic rings. The Bertz CT molecular complexity index is 2680. The number of aromatic nitrogens is 1. The minimum atomic E-state index is -4.21. The molecule has 0 aliphatic carbocycles. The topological polar surface area (TPSA) is 150 Å². The molecule has 0 saturated heterocycles. The molecule has 3 amide bonds. The van der Waals surface area contributed by atoms with Crippen molar-refractivity contribution in [3.63, 3.8) is 0 Å². The predicted molar refractivity (Wildman–Crippen MR) is 226 cm³/mol. The summed E-state index contributed by atoms with van der Waals surface area (Å²) in [5, 5.41) is 8.04. The zero-order valence-electron chi connectivity index (χ0n) is 31.3. The molecule has 4 N–H and O–H groups in total. The monoisotopic (exact) mass is 810 g/mol. The largest absolute Gasteiger partial charge is 0.497 e. The average Bonchev–Trinajstić information content (AvgIpc) is 3.66. The number of hydrogen-bond acceptors (Lipinski definition) is 7. The molecule has 1 aromatic heterocycles. The highest BCUT2D eigenvalue weighted by atomic mass is 32.2. The third-order valence-corrected chi connectivity index (χ3v) is 12.9. The van der Waals surface area contributed by atoms with Gasteiger partial charge in [-0.15, -0.1) is 11.8 Å². The maximum atomic E-state index is 14.9. The van der Waals surface area contributed by atoms with E-state index in [1.807, 2.05) is 91.0 Å². The van der Waals surface area contributed by atoms with Gasteiger partial charge in [0.15, 0.2) is 0 Å². The number of hydrogen-bond donors (Lipinski definition) is 4. The molecular formula is C45H39N4O7PS. The van der Waals surface area contributed by atoms with Gasteiger partial charge in [0, 0.05) is 22.3 Å². The molecular weight excluding hydrogens is 772 g/mol. The summed E-state index contributed by atoms with van der Waals surface area (Å²) < 4.78 is 24.1. The number of carbonyl (C=O) groups excluding carboxylic acids is 3. The van der Waals surface area contributed by atoms with Gasteiger partial charge in [0.2, 0.25) is 5.91 Å². The summed E-state index contributed by atoms with van der Waals surface area (Å²) in [6.45, 7) is -0.0746. The Morgan fingerprint density at radius 1 is 0.845 bits per heavy atom. The number of nitrogens with one attached hydrogen (secondary N) is 3. The second kappa shape index (κ2) is 16.7. The molecule has 3 atom stereocenters. The van der Waals surface area contributed by atoms with Gasteiger partial charge in [-0.2, -0.15) is 0 Å². The first-order valence-corrected chi connectivity index (χ1v) is 21.0. The predicted octanol–water partition coefficient (Wildman–Crippen LogP) is 7.65. The molecule has 58 heavy (non-hydrogen) atoms. The van der Waals surface area contributed by atoms with Crippen molar-refractivity contribution in [3.05, 3.63) is 168 Å². The number of nitrogens with zero attached hydrogens (tertiary/aromatic N) is 1. The van der Waals surface area contributed by atoms with Gasteiger partial charge in [-0.3, -0.25) is 18.9 Å². The quantitative estimate of drug-likeness (QED) is 0.0920. The number of ether oxygens (including phenoxy) is 1. The van der Waals surface area contributed by atoms with Gasteiger partial charge < -0.3 is 34.7 Å².